The first kappa shape index (κ1) is 16.0. The molecular formula is C15H20BrNO2. The minimum Gasteiger partial charge on any atom is -0.481 e. The van der Waals surface area contributed by atoms with Crippen molar-refractivity contribution in [3.05, 3.63) is 28.2 Å². The molecule has 2 N–H and O–H groups in total. The van der Waals surface area contributed by atoms with Crippen LogP contribution in [0.1, 0.15) is 19.4 Å². The van der Waals surface area contributed by atoms with Crippen LogP contribution >= 0.6 is 15.9 Å². The highest BCUT2D eigenvalue weighted by Crippen LogP contribution is 2.23. The largest absolute Gasteiger partial charge is 0.481 e. The molecule has 0 fully saturated rings. The second kappa shape index (κ2) is 8.21. The summed E-state index contributed by atoms with van der Waals surface area (Å²) in [6.07, 6.45) is 5.21. The first-order valence-corrected chi connectivity index (χ1v) is 7.06. The van der Waals surface area contributed by atoms with E-state index in [9.17, 15) is 5.11 Å². The average Bonchev–Trinajstić information content (AvgIpc) is 2.38. The van der Waals surface area contributed by atoms with Gasteiger partial charge >= 0.3 is 0 Å². The van der Waals surface area contributed by atoms with Gasteiger partial charge in [-0.25, -0.2) is 0 Å². The Morgan fingerprint density at radius 2 is 2.21 bits per heavy atom. The zero-order valence-electron chi connectivity index (χ0n) is 11.3. The maximum absolute atomic E-state index is 9.31. The van der Waals surface area contributed by atoms with Gasteiger partial charge in [-0.1, -0.05) is 35.7 Å². The van der Waals surface area contributed by atoms with Gasteiger partial charge in [0.2, 0.25) is 0 Å². The van der Waals surface area contributed by atoms with E-state index in [-0.39, 0.29) is 19.3 Å². The summed E-state index contributed by atoms with van der Waals surface area (Å²) in [6.45, 7) is 5.15. The molecule has 0 aliphatic carbocycles. The molecule has 0 amide bonds. The van der Waals surface area contributed by atoms with Gasteiger partial charge in [-0.3, -0.25) is 0 Å². The predicted octanol–water partition coefficient (Wildman–Crippen LogP) is 2.57. The number of halogens is 1. The van der Waals surface area contributed by atoms with Crippen molar-refractivity contribution in [2.45, 2.75) is 26.4 Å². The van der Waals surface area contributed by atoms with E-state index in [1.165, 1.54) is 0 Å². The molecule has 1 unspecified atom stereocenters. The van der Waals surface area contributed by atoms with Gasteiger partial charge in [-0.05, 0) is 24.1 Å². The number of hydrogen-bond donors (Lipinski definition) is 2. The number of aliphatic hydroxyl groups is 1. The lowest BCUT2D eigenvalue weighted by atomic mass is 10.0. The topological polar surface area (TPSA) is 41.5 Å². The second-order valence-corrected chi connectivity index (χ2v) is 5.57. The number of hydrogen-bond acceptors (Lipinski definition) is 3. The molecule has 0 aliphatic heterocycles. The monoisotopic (exact) mass is 325 g/mol. The van der Waals surface area contributed by atoms with E-state index in [1.54, 1.807) is 0 Å². The minimum atomic E-state index is 0.0689. The third-order valence-corrected chi connectivity index (χ3v) is 3.38. The smallest absolute Gasteiger partial charge is 0.148 e. The van der Waals surface area contributed by atoms with Crippen LogP contribution in [-0.4, -0.2) is 24.4 Å². The van der Waals surface area contributed by atoms with Crippen LogP contribution in [0.25, 0.3) is 0 Å². The van der Waals surface area contributed by atoms with Crippen LogP contribution in [0.3, 0.4) is 0 Å². The summed E-state index contributed by atoms with van der Waals surface area (Å²) in [5.41, 5.74) is 1.02. The fourth-order valence-electron chi connectivity index (χ4n) is 1.70. The molecule has 1 atom stereocenters. The highest BCUT2D eigenvalue weighted by molar-refractivity contribution is 9.10. The Balaban J connectivity index is 2.75. The third kappa shape index (κ3) is 5.23. The van der Waals surface area contributed by atoms with Gasteiger partial charge in [0.05, 0.1) is 6.61 Å². The van der Waals surface area contributed by atoms with Gasteiger partial charge in [0.25, 0.3) is 0 Å². The summed E-state index contributed by atoms with van der Waals surface area (Å²) in [5.74, 6) is 3.60. The van der Waals surface area contributed by atoms with Crippen LogP contribution in [0.2, 0.25) is 0 Å². The Morgan fingerprint density at radius 3 is 2.79 bits per heavy atom. The van der Waals surface area contributed by atoms with Crippen molar-refractivity contribution < 1.29 is 9.84 Å². The molecule has 0 bridgehead atoms. The molecular weight excluding hydrogens is 306 g/mol. The lowest BCUT2D eigenvalue weighted by Gasteiger charge is -2.21. The van der Waals surface area contributed by atoms with Crippen molar-refractivity contribution in [3.8, 4) is 18.1 Å². The SMILES string of the molecule is C#CCOc1ccc(Br)cc1CNC(CO)C(C)C. The lowest BCUT2D eigenvalue weighted by Crippen LogP contribution is -2.36. The Labute approximate surface area is 123 Å². The minimum absolute atomic E-state index is 0.0689. The molecule has 1 rings (SSSR count). The van der Waals surface area contributed by atoms with Gasteiger partial charge < -0.3 is 15.2 Å². The van der Waals surface area contributed by atoms with Crippen LogP contribution in [0, 0.1) is 18.3 Å². The van der Waals surface area contributed by atoms with E-state index >= 15 is 0 Å². The highest BCUT2D eigenvalue weighted by Gasteiger charge is 2.12. The van der Waals surface area contributed by atoms with E-state index in [4.69, 9.17) is 11.2 Å². The number of terminal acetylenes is 1. The van der Waals surface area contributed by atoms with Crippen LogP contribution in [-0.2, 0) is 6.54 Å². The van der Waals surface area contributed by atoms with Crippen LogP contribution < -0.4 is 10.1 Å². The summed E-state index contributed by atoms with van der Waals surface area (Å²) in [5, 5.41) is 12.6. The van der Waals surface area contributed by atoms with Gasteiger partial charge in [0.1, 0.15) is 12.4 Å². The fraction of sp³-hybridized carbons (Fsp3) is 0.467. The van der Waals surface area contributed by atoms with Crippen LogP contribution in [0.4, 0.5) is 0 Å². The molecule has 1 aromatic rings. The molecule has 104 valence electrons. The number of nitrogens with one attached hydrogen (secondary N) is 1. The van der Waals surface area contributed by atoms with Crippen molar-refractivity contribution in [1.82, 2.24) is 5.32 Å². The quantitative estimate of drug-likeness (QED) is 0.757. The lowest BCUT2D eigenvalue weighted by molar-refractivity contribution is 0.209. The Hall–Kier alpha value is -1.02. The van der Waals surface area contributed by atoms with Crippen molar-refractivity contribution >= 4 is 15.9 Å². The van der Waals surface area contributed by atoms with Gasteiger partial charge in [0, 0.05) is 22.6 Å². The first-order chi connectivity index (χ1) is 9.08. The summed E-state index contributed by atoms with van der Waals surface area (Å²) >= 11 is 3.44. The molecule has 19 heavy (non-hydrogen) atoms. The summed E-state index contributed by atoms with van der Waals surface area (Å²) in [7, 11) is 0. The second-order valence-electron chi connectivity index (χ2n) is 4.66. The van der Waals surface area contributed by atoms with Crippen LogP contribution in [0.15, 0.2) is 22.7 Å². The molecule has 0 heterocycles. The van der Waals surface area contributed by atoms with Gasteiger partial charge in [-0.2, -0.15) is 0 Å². The molecule has 0 saturated carbocycles. The van der Waals surface area contributed by atoms with E-state index in [0.29, 0.717) is 12.5 Å². The van der Waals surface area contributed by atoms with Crippen molar-refractivity contribution in [2.24, 2.45) is 5.92 Å². The molecule has 0 saturated heterocycles. The Kier molecular flexibility index (Phi) is 6.93. The first-order valence-electron chi connectivity index (χ1n) is 6.27. The van der Waals surface area contributed by atoms with Gasteiger partial charge in [-0.15, -0.1) is 6.42 Å². The molecule has 1 aromatic carbocycles. The molecule has 0 aromatic heterocycles. The highest BCUT2D eigenvalue weighted by atomic mass is 79.9. The molecule has 0 spiro atoms. The van der Waals surface area contributed by atoms with Gasteiger partial charge in [0.15, 0.2) is 0 Å². The zero-order valence-corrected chi connectivity index (χ0v) is 12.9. The number of rotatable bonds is 7. The maximum atomic E-state index is 9.31. The van der Waals surface area contributed by atoms with Crippen LogP contribution in [0.5, 0.6) is 5.75 Å². The van der Waals surface area contributed by atoms with E-state index in [0.717, 1.165) is 15.8 Å². The van der Waals surface area contributed by atoms with Crippen molar-refractivity contribution in [1.29, 1.82) is 0 Å². The number of aliphatic hydroxyl groups excluding tert-OH is 1. The normalized spacial score (nSPS) is 12.2. The van der Waals surface area contributed by atoms with E-state index in [1.807, 2.05) is 18.2 Å². The maximum Gasteiger partial charge on any atom is 0.148 e. The van der Waals surface area contributed by atoms with Crippen molar-refractivity contribution in [3.63, 3.8) is 0 Å². The molecule has 0 aliphatic rings. The van der Waals surface area contributed by atoms with E-state index < -0.39 is 0 Å². The fourth-order valence-corrected chi connectivity index (χ4v) is 2.11. The summed E-state index contributed by atoms with van der Waals surface area (Å²) in [6, 6.07) is 5.87. The summed E-state index contributed by atoms with van der Waals surface area (Å²) < 4.78 is 6.50. The standard InChI is InChI=1S/C15H20BrNO2/c1-4-7-19-15-6-5-13(16)8-12(15)9-17-14(10-18)11(2)3/h1,5-6,8,11,14,17-18H,7,9-10H2,2-3H3. The molecule has 4 heteroatoms. The Bertz CT molecular complexity index is 440. The average molecular weight is 326 g/mol. The predicted molar refractivity (Wildman–Crippen MR) is 81.0 cm³/mol. The number of ether oxygens (including phenoxy) is 1. The Morgan fingerprint density at radius 1 is 1.47 bits per heavy atom. The zero-order chi connectivity index (χ0) is 14.3. The molecule has 3 nitrogen and oxygen atoms in total. The summed E-state index contributed by atoms with van der Waals surface area (Å²) in [4.78, 5) is 0. The third-order valence-electron chi connectivity index (χ3n) is 2.89. The molecule has 0 radical (unpaired) electrons. The van der Waals surface area contributed by atoms with E-state index in [2.05, 4.69) is 41.0 Å². The number of benzene rings is 1. The van der Waals surface area contributed by atoms with Crippen molar-refractivity contribution in [2.75, 3.05) is 13.2 Å².